The van der Waals surface area contributed by atoms with Crippen molar-refractivity contribution in [2.75, 3.05) is 0 Å². The van der Waals surface area contributed by atoms with Crippen LogP contribution in [0.25, 0.3) is 0 Å². The number of carbonyl (C=O) groups is 1. The Kier molecular flexibility index (Phi) is 3.10. The molecular formula is C19H30O2. The van der Waals surface area contributed by atoms with E-state index in [1.54, 1.807) is 0 Å². The summed E-state index contributed by atoms with van der Waals surface area (Å²) in [5.41, 5.74) is 0.619. The SMILES string of the molecule is C[C@@]12CCC[C@H]1[C@@H]1CC[C@H]3CC(=O)CC[C@]3(C)[C@H]1[C@H](O)C2. The topological polar surface area (TPSA) is 37.3 Å². The van der Waals surface area contributed by atoms with Gasteiger partial charge in [-0.05, 0) is 73.0 Å². The summed E-state index contributed by atoms with van der Waals surface area (Å²) in [4.78, 5) is 11.9. The number of hydrogen-bond donors (Lipinski definition) is 1. The lowest BCUT2D eigenvalue weighted by Crippen LogP contribution is -2.58. The van der Waals surface area contributed by atoms with Gasteiger partial charge >= 0.3 is 0 Å². The Morgan fingerprint density at radius 2 is 1.95 bits per heavy atom. The third kappa shape index (κ3) is 1.90. The lowest BCUT2D eigenvalue weighted by molar-refractivity contribution is -0.167. The summed E-state index contributed by atoms with van der Waals surface area (Å²) in [5, 5.41) is 11.0. The van der Waals surface area contributed by atoms with Crippen LogP contribution in [0.5, 0.6) is 0 Å². The minimum atomic E-state index is -0.129. The van der Waals surface area contributed by atoms with Crippen molar-refractivity contribution >= 4 is 5.78 Å². The predicted octanol–water partition coefficient (Wildman–Crippen LogP) is 3.96. The van der Waals surface area contributed by atoms with Gasteiger partial charge in [0.2, 0.25) is 0 Å². The smallest absolute Gasteiger partial charge is 0.133 e. The van der Waals surface area contributed by atoms with E-state index < -0.39 is 0 Å². The van der Waals surface area contributed by atoms with Gasteiger partial charge < -0.3 is 5.11 Å². The Labute approximate surface area is 128 Å². The lowest BCUT2D eigenvalue weighted by atomic mass is 9.44. The number of hydrogen-bond acceptors (Lipinski definition) is 2. The maximum atomic E-state index is 11.9. The zero-order chi connectivity index (χ0) is 14.8. The van der Waals surface area contributed by atoms with Crippen molar-refractivity contribution in [3.8, 4) is 0 Å². The zero-order valence-corrected chi connectivity index (χ0v) is 13.6. The maximum Gasteiger partial charge on any atom is 0.133 e. The Morgan fingerprint density at radius 1 is 1.14 bits per heavy atom. The van der Waals surface area contributed by atoms with Gasteiger partial charge in [0.1, 0.15) is 5.78 Å². The van der Waals surface area contributed by atoms with Crippen molar-refractivity contribution in [3.05, 3.63) is 0 Å². The standard InChI is InChI=1S/C19H30O2/c1-18-8-3-4-15(18)14-6-5-12-10-13(20)7-9-19(12,2)17(14)16(21)11-18/h12,14-17,21H,3-11H2,1-2H3/t12-,14-,15-,16+,17+,18-,19-/m0/s1. The van der Waals surface area contributed by atoms with Gasteiger partial charge in [-0.3, -0.25) is 4.79 Å². The molecule has 0 amide bonds. The largest absolute Gasteiger partial charge is 0.393 e. The first-order chi connectivity index (χ1) is 9.94. The van der Waals surface area contributed by atoms with Crippen LogP contribution in [-0.2, 0) is 4.79 Å². The van der Waals surface area contributed by atoms with Crippen LogP contribution in [0.2, 0.25) is 0 Å². The molecule has 0 aliphatic heterocycles. The highest BCUT2D eigenvalue weighted by Gasteiger charge is 2.60. The lowest BCUT2D eigenvalue weighted by Gasteiger charge is -2.61. The molecule has 4 rings (SSSR count). The molecule has 7 atom stereocenters. The number of fused-ring (bicyclic) bond motifs is 5. The summed E-state index contributed by atoms with van der Waals surface area (Å²) >= 11 is 0. The van der Waals surface area contributed by atoms with Gasteiger partial charge in [0.25, 0.3) is 0 Å². The van der Waals surface area contributed by atoms with Crippen LogP contribution >= 0.6 is 0 Å². The molecule has 4 fully saturated rings. The zero-order valence-electron chi connectivity index (χ0n) is 13.6. The van der Waals surface area contributed by atoms with Crippen LogP contribution in [-0.4, -0.2) is 17.0 Å². The van der Waals surface area contributed by atoms with Crippen LogP contribution in [0, 0.1) is 34.5 Å². The van der Waals surface area contributed by atoms with Gasteiger partial charge in [-0.25, -0.2) is 0 Å². The van der Waals surface area contributed by atoms with Gasteiger partial charge in [-0.15, -0.1) is 0 Å². The van der Waals surface area contributed by atoms with E-state index in [2.05, 4.69) is 13.8 Å². The second-order valence-electron chi connectivity index (χ2n) is 9.14. The van der Waals surface area contributed by atoms with Crippen molar-refractivity contribution in [3.63, 3.8) is 0 Å². The number of carbonyl (C=O) groups excluding carboxylic acids is 1. The normalized spacial score (nSPS) is 56.5. The predicted molar refractivity (Wildman–Crippen MR) is 82.7 cm³/mol. The fraction of sp³-hybridized carbons (Fsp3) is 0.947. The van der Waals surface area contributed by atoms with Crippen molar-refractivity contribution in [1.82, 2.24) is 0 Å². The molecule has 2 heteroatoms. The maximum absolute atomic E-state index is 11.9. The molecule has 4 aliphatic carbocycles. The number of rotatable bonds is 0. The van der Waals surface area contributed by atoms with Crippen molar-refractivity contribution < 1.29 is 9.90 Å². The molecule has 1 N–H and O–H groups in total. The van der Waals surface area contributed by atoms with Crippen LogP contribution in [0.1, 0.15) is 71.6 Å². The average molecular weight is 290 g/mol. The molecule has 2 nitrogen and oxygen atoms in total. The third-order valence-electron chi connectivity index (χ3n) is 8.19. The fourth-order valence-electron chi connectivity index (χ4n) is 7.18. The van der Waals surface area contributed by atoms with Gasteiger partial charge in [-0.1, -0.05) is 20.3 Å². The Balaban J connectivity index is 1.69. The van der Waals surface area contributed by atoms with E-state index in [4.69, 9.17) is 0 Å². The van der Waals surface area contributed by atoms with Crippen molar-refractivity contribution in [2.24, 2.45) is 34.5 Å². The van der Waals surface area contributed by atoms with Gasteiger partial charge in [0.15, 0.2) is 0 Å². The molecule has 0 unspecified atom stereocenters. The molecule has 0 aromatic carbocycles. The monoisotopic (exact) mass is 290 g/mol. The first-order valence-corrected chi connectivity index (χ1v) is 9.14. The third-order valence-corrected chi connectivity index (χ3v) is 8.19. The van der Waals surface area contributed by atoms with Crippen LogP contribution in [0.3, 0.4) is 0 Å². The number of ketones is 1. The van der Waals surface area contributed by atoms with Gasteiger partial charge in [-0.2, -0.15) is 0 Å². The van der Waals surface area contributed by atoms with E-state index >= 15 is 0 Å². The molecule has 4 saturated carbocycles. The highest BCUT2D eigenvalue weighted by Crippen LogP contribution is 2.65. The average Bonchev–Trinajstić information content (AvgIpc) is 2.80. The molecule has 0 spiro atoms. The Morgan fingerprint density at radius 3 is 2.76 bits per heavy atom. The second kappa shape index (κ2) is 4.57. The molecule has 4 aliphatic rings. The van der Waals surface area contributed by atoms with Crippen molar-refractivity contribution in [1.29, 1.82) is 0 Å². The first-order valence-electron chi connectivity index (χ1n) is 9.14. The summed E-state index contributed by atoms with van der Waals surface area (Å²) in [7, 11) is 0. The van der Waals surface area contributed by atoms with Gasteiger partial charge in [0.05, 0.1) is 6.10 Å². The molecule has 118 valence electrons. The number of aliphatic hydroxyl groups is 1. The van der Waals surface area contributed by atoms with Crippen LogP contribution < -0.4 is 0 Å². The molecule has 0 radical (unpaired) electrons. The van der Waals surface area contributed by atoms with E-state index in [-0.39, 0.29) is 11.5 Å². The first kappa shape index (κ1) is 14.2. The molecule has 0 aromatic heterocycles. The van der Waals surface area contributed by atoms with Crippen LogP contribution in [0.4, 0.5) is 0 Å². The molecule has 0 saturated heterocycles. The van der Waals surface area contributed by atoms with E-state index in [1.165, 1.54) is 32.1 Å². The minimum Gasteiger partial charge on any atom is -0.393 e. The molecule has 0 aromatic rings. The molecular weight excluding hydrogens is 260 g/mol. The van der Waals surface area contributed by atoms with E-state index in [1.807, 2.05) is 0 Å². The van der Waals surface area contributed by atoms with E-state index in [9.17, 15) is 9.90 Å². The van der Waals surface area contributed by atoms with Gasteiger partial charge in [0, 0.05) is 12.8 Å². The van der Waals surface area contributed by atoms with Crippen molar-refractivity contribution in [2.45, 2.75) is 77.7 Å². The Hall–Kier alpha value is -0.370. The number of aliphatic hydroxyl groups excluding tert-OH is 1. The number of Topliss-reactive ketones (excluding diaryl/α,β-unsaturated/α-hetero) is 1. The fourth-order valence-corrected chi connectivity index (χ4v) is 7.18. The minimum absolute atomic E-state index is 0.129. The summed E-state index contributed by atoms with van der Waals surface area (Å²) in [5.74, 6) is 3.02. The summed E-state index contributed by atoms with van der Waals surface area (Å²) < 4.78 is 0. The Bertz CT molecular complexity index is 458. The molecule has 0 bridgehead atoms. The molecule has 0 heterocycles. The summed E-state index contributed by atoms with van der Waals surface area (Å²) in [6.45, 7) is 4.84. The van der Waals surface area contributed by atoms with E-state index in [0.717, 1.165) is 37.5 Å². The van der Waals surface area contributed by atoms with Crippen LogP contribution in [0.15, 0.2) is 0 Å². The quantitative estimate of drug-likeness (QED) is 0.733. The van der Waals surface area contributed by atoms with E-state index in [0.29, 0.717) is 23.0 Å². The summed E-state index contributed by atoms with van der Waals surface area (Å²) in [6.07, 6.45) is 9.98. The molecule has 21 heavy (non-hydrogen) atoms. The highest BCUT2D eigenvalue weighted by molar-refractivity contribution is 5.79. The summed E-state index contributed by atoms with van der Waals surface area (Å²) in [6, 6.07) is 0. The second-order valence-corrected chi connectivity index (χ2v) is 9.14. The highest BCUT2D eigenvalue weighted by atomic mass is 16.3.